The largest absolute Gasteiger partial charge is 0.324 e. The summed E-state index contributed by atoms with van der Waals surface area (Å²) in [7, 11) is 0. The van der Waals surface area contributed by atoms with Crippen molar-refractivity contribution in [2.45, 2.75) is 20.8 Å². The lowest BCUT2D eigenvalue weighted by Crippen LogP contribution is -2.29. The second kappa shape index (κ2) is 4.31. The van der Waals surface area contributed by atoms with Crippen molar-refractivity contribution >= 4 is 11.6 Å². The van der Waals surface area contributed by atoms with Crippen molar-refractivity contribution in [2.75, 3.05) is 5.32 Å². The van der Waals surface area contributed by atoms with Crippen molar-refractivity contribution in [3.05, 3.63) is 29.6 Å². The second-order valence-electron chi connectivity index (χ2n) is 4.15. The van der Waals surface area contributed by atoms with Crippen LogP contribution in [0.15, 0.2) is 18.2 Å². The summed E-state index contributed by atoms with van der Waals surface area (Å²) in [5.74, 6) is -0.862. The number of anilines is 1. The molecule has 0 radical (unpaired) electrons. The Labute approximate surface area is 93.9 Å². The summed E-state index contributed by atoms with van der Waals surface area (Å²) < 4.78 is 13.0. The number of hydrogen-bond acceptors (Lipinski definition) is 2. The first-order chi connectivity index (χ1) is 7.36. The van der Waals surface area contributed by atoms with E-state index in [2.05, 4.69) is 5.32 Å². The minimum Gasteiger partial charge on any atom is -0.324 e. The van der Waals surface area contributed by atoms with Gasteiger partial charge in [0.05, 0.1) is 6.07 Å². The van der Waals surface area contributed by atoms with E-state index in [0.29, 0.717) is 5.69 Å². The Hall–Kier alpha value is -1.89. The van der Waals surface area contributed by atoms with E-state index in [0.717, 1.165) is 5.56 Å². The average Bonchev–Trinajstić information content (AvgIpc) is 2.23. The topological polar surface area (TPSA) is 52.9 Å². The van der Waals surface area contributed by atoms with Crippen molar-refractivity contribution < 1.29 is 9.18 Å². The third kappa shape index (κ3) is 2.57. The normalized spacial score (nSPS) is 10.7. The summed E-state index contributed by atoms with van der Waals surface area (Å²) in [6.07, 6.45) is 0. The quantitative estimate of drug-likeness (QED) is 0.832. The molecule has 0 heterocycles. The zero-order valence-corrected chi connectivity index (χ0v) is 9.47. The molecule has 0 aliphatic rings. The van der Waals surface area contributed by atoms with Crippen LogP contribution in [-0.4, -0.2) is 5.91 Å². The number of nitriles is 1. The van der Waals surface area contributed by atoms with Gasteiger partial charge in [-0.3, -0.25) is 4.79 Å². The van der Waals surface area contributed by atoms with Crippen LogP contribution < -0.4 is 5.32 Å². The Morgan fingerprint density at radius 2 is 2.12 bits per heavy atom. The number of aryl methyl sites for hydroxylation is 1. The molecule has 1 aromatic carbocycles. The molecule has 0 aliphatic carbocycles. The number of nitrogens with zero attached hydrogens (tertiary/aromatic N) is 1. The fraction of sp³-hybridized carbons (Fsp3) is 0.333. The van der Waals surface area contributed by atoms with Gasteiger partial charge in [0.2, 0.25) is 5.91 Å². The highest BCUT2D eigenvalue weighted by atomic mass is 19.1. The van der Waals surface area contributed by atoms with Gasteiger partial charge in [-0.15, -0.1) is 0 Å². The molecule has 0 unspecified atom stereocenters. The van der Waals surface area contributed by atoms with E-state index in [1.54, 1.807) is 13.0 Å². The van der Waals surface area contributed by atoms with Crippen LogP contribution in [0.25, 0.3) is 0 Å². The van der Waals surface area contributed by atoms with E-state index in [1.807, 2.05) is 6.07 Å². The van der Waals surface area contributed by atoms with E-state index in [4.69, 9.17) is 5.26 Å². The van der Waals surface area contributed by atoms with Crippen LogP contribution in [0.2, 0.25) is 0 Å². The molecule has 1 N–H and O–H groups in total. The number of benzene rings is 1. The molecule has 0 saturated carbocycles. The summed E-state index contributed by atoms with van der Waals surface area (Å²) in [6.45, 7) is 4.78. The van der Waals surface area contributed by atoms with E-state index < -0.39 is 17.1 Å². The highest BCUT2D eigenvalue weighted by Crippen LogP contribution is 2.20. The van der Waals surface area contributed by atoms with E-state index >= 15 is 0 Å². The lowest BCUT2D eigenvalue weighted by Gasteiger charge is -2.16. The Balaban J connectivity index is 2.94. The second-order valence-corrected chi connectivity index (χ2v) is 4.15. The molecule has 16 heavy (non-hydrogen) atoms. The molecular formula is C12H13FN2O. The van der Waals surface area contributed by atoms with Crippen molar-refractivity contribution in [2.24, 2.45) is 5.41 Å². The molecule has 0 aromatic heterocycles. The predicted molar refractivity (Wildman–Crippen MR) is 59.2 cm³/mol. The van der Waals surface area contributed by atoms with Crippen molar-refractivity contribution in [3.8, 4) is 6.07 Å². The molecule has 0 bridgehead atoms. The van der Waals surface area contributed by atoms with Gasteiger partial charge in [-0.1, -0.05) is 6.07 Å². The minimum atomic E-state index is -1.13. The van der Waals surface area contributed by atoms with Crippen molar-refractivity contribution in [1.29, 1.82) is 5.26 Å². The highest BCUT2D eigenvalue weighted by Gasteiger charge is 2.27. The molecule has 0 spiro atoms. The fourth-order valence-corrected chi connectivity index (χ4v) is 1.06. The van der Waals surface area contributed by atoms with Crippen LogP contribution in [0.4, 0.5) is 10.1 Å². The first-order valence-corrected chi connectivity index (χ1v) is 4.85. The summed E-state index contributed by atoms with van der Waals surface area (Å²) in [5.41, 5.74) is 0.0236. The smallest absolute Gasteiger partial charge is 0.244 e. The maximum absolute atomic E-state index is 13.0. The highest BCUT2D eigenvalue weighted by molar-refractivity contribution is 5.97. The Bertz CT molecular complexity index is 461. The Kier molecular flexibility index (Phi) is 3.28. The van der Waals surface area contributed by atoms with Crippen LogP contribution in [0.5, 0.6) is 0 Å². The molecule has 0 saturated heterocycles. The molecular weight excluding hydrogens is 207 g/mol. The van der Waals surface area contributed by atoms with Crippen LogP contribution in [-0.2, 0) is 4.79 Å². The van der Waals surface area contributed by atoms with Gasteiger partial charge < -0.3 is 5.32 Å². The summed E-state index contributed by atoms with van der Waals surface area (Å²) in [6, 6.07) is 6.02. The zero-order valence-electron chi connectivity index (χ0n) is 9.47. The third-order valence-corrected chi connectivity index (χ3v) is 2.29. The van der Waals surface area contributed by atoms with Gasteiger partial charge in [-0.05, 0) is 38.5 Å². The molecule has 3 nitrogen and oxygen atoms in total. The maximum atomic E-state index is 13.0. The van der Waals surface area contributed by atoms with E-state index in [1.165, 1.54) is 26.0 Å². The zero-order chi connectivity index (χ0) is 12.3. The predicted octanol–water partition coefficient (Wildman–Crippen LogP) is 2.62. The maximum Gasteiger partial charge on any atom is 0.244 e. The Morgan fingerprint density at radius 3 is 2.69 bits per heavy atom. The van der Waals surface area contributed by atoms with Gasteiger partial charge in [-0.25, -0.2) is 4.39 Å². The van der Waals surface area contributed by atoms with Gasteiger partial charge in [0.1, 0.15) is 11.2 Å². The molecule has 0 fully saturated rings. The number of rotatable bonds is 2. The number of amides is 1. The van der Waals surface area contributed by atoms with Crippen LogP contribution >= 0.6 is 0 Å². The number of hydrogen-bond donors (Lipinski definition) is 1. The molecule has 0 atom stereocenters. The Morgan fingerprint density at radius 1 is 1.50 bits per heavy atom. The number of carbonyl (C=O) groups excluding carboxylic acids is 1. The average molecular weight is 220 g/mol. The first kappa shape index (κ1) is 12.2. The fourth-order valence-electron chi connectivity index (χ4n) is 1.06. The van der Waals surface area contributed by atoms with Crippen LogP contribution in [0.1, 0.15) is 19.4 Å². The molecule has 84 valence electrons. The standard InChI is InChI=1S/C12H13FN2O/c1-8-4-5-9(13)6-10(8)15-11(16)12(2,3)7-14/h4-6H,1-3H3,(H,15,16). The van der Waals surface area contributed by atoms with Crippen molar-refractivity contribution in [1.82, 2.24) is 0 Å². The molecule has 4 heteroatoms. The molecule has 0 aliphatic heterocycles. The number of halogens is 1. The number of carbonyl (C=O) groups is 1. The summed E-state index contributed by atoms with van der Waals surface area (Å²) in [5, 5.41) is 11.3. The molecule has 1 amide bonds. The van der Waals surface area contributed by atoms with Crippen molar-refractivity contribution in [3.63, 3.8) is 0 Å². The van der Waals surface area contributed by atoms with E-state index in [9.17, 15) is 9.18 Å². The summed E-state index contributed by atoms with van der Waals surface area (Å²) >= 11 is 0. The van der Waals surface area contributed by atoms with Gasteiger partial charge in [0, 0.05) is 5.69 Å². The monoisotopic (exact) mass is 220 g/mol. The van der Waals surface area contributed by atoms with Gasteiger partial charge in [0.25, 0.3) is 0 Å². The molecule has 1 rings (SSSR count). The van der Waals surface area contributed by atoms with E-state index in [-0.39, 0.29) is 0 Å². The van der Waals surface area contributed by atoms with Crippen LogP contribution in [0, 0.1) is 29.5 Å². The number of nitrogens with one attached hydrogen (secondary N) is 1. The lowest BCUT2D eigenvalue weighted by molar-refractivity contribution is -0.121. The van der Waals surface area contributed by atoms with Gasteiger partial charge >= 0.3 is 0 Å². The van der Waals surface area contributed by atoms with Crippen LogP contribution in [0.3, 0.4) is 0 Å². The lowest BCUT2D eigenvalue weighted by atomic mass is 9.94. The third-order valence-electron chi connectivity index (χ3n) is 2.29. The van der Waals surface area contributed by atoms with Gasteiger partial charge in [0.15, 0.2) is 0 Å². The summed E-state index contributed by atoms with van der Waals surface area (Å²) in [4.78, 5) is 11.7. The SMILES string of the molecule is Cc1ccc(F)cc1NC(=O)C(C)(C)C#N. The minimum absolute atomic E-state index is 0.397. The first-order valence-electron chi connectivity index (χ1n) is 4.85. The molecule has 1 aromatic rings. The van der Waals surface area contributed by atoms with Gasteiger partial charge in [-0.2, -0.15) is 5.26 Å².